The van der Waals surface area contributed by atoms with Crippen molar-refractivity contribution in [1.82, 2.24) is 20.9 Å². The Hall–Kier alpha value is -1.55. The maximum absolute atomic E-state index is 11.9. The highest BCUT2D eigenvalue weighted by molar-refractivity contribution is 14.0. The first-order valence-electron chi connectivity index (χ1n) is 11.3. The van der Waals surface area contributed by atoms with E-state index in [1.807, 2.05) is 19.1 Å². The zero-order valence-electron chi connectivity index (χ0n) is 19.4. The molecule has 1 heterocycles. The molecule has 0 aromatic heterocycles. The second kappa shape index (κ2) is 15.3. The lowest BCUT2D eigenvalue weighted by Crippen LogP contribution is -2.50. The Morgan fingerprint density at radius 2 is 1.87 bits per heavy atom. The van der Waals surface area contributed by atoms with Gasteiger partial charge in [-0.15, -0.1) is 24.0 Å². The number of benzene rings is 1. The zero-order chi connectivity index (χ0) is 21.8. The van der Waals surface area contributed by atoms with Gasteiger partial charge < -0.3 is 20.7 Å². The van der Waals surface area contributed by atoms with Crippen molar-refractivity contribution >= 4 is 35.8 Å². The van der Waals surface area contributed by atoms with E-state index in [4.69, 9.17) is 9.73 Å². The fourth-order valence-corrected chi connectivity index (χ4v) is 3.38. The number of carbonyl (C=O) groups excluding carboxylic acids is 1. The van der Waals surface area contributed by atoms with Crippen molar-refractivity contribution in [2.75, 3.05) is 39.3 Å². The number of rotatable bonds is 10. The highest BCUT2D eigenvalue weighted by Gasteiger charge is 2.21. The Labute approximate surface area is 204 Å². The van der Waals surface area contributed by atoms with Crippen molar-refractivity contribution in [1.29, 1.82) is 0 Å². The Morgan fingerprint density at radius 1 is 1.19 bits per heavy atom. The normalized spacial score (nSPS) is 16.2. The van der Waals surface area contributed by atoms with Crippen molar-refractivity contribution in [3.05, 3.63) is 29.8 Å². The summed E-state index contributed by atoms with van der Waals surface area (Å²) in [6, 6.07) is 8.46. The molecule has 1 unspecified atom stereocenters. The number of guanidine groups is 1. The molecule has 1 aliphatic heterocycles. The lowest BCUT2D eigenvalue weighted by Gasteiger charge is -2.32. The lowest BCUT2D eigenvalue weighted by atomic mass is 10.1. The van der Waals surface area contributed by atoms with Gasteiger partial charge in [0.25, 0.3) is 0 Å². The quantitative estimate of drug-likeness (QED) is 0.240. The van der Waals surface area contributed by atoms with E-state index < -0.39 is 0 Å². The number of carbonyl (C=O) groups is 1. The molecule has 0 saturated carbocycles. The number of ether oxygens (including phenoxy) is 1. The van der Waals surface area contributed by atoms with Crippen molar-refractivity contribution < 1.29 is 9.53 Å². The summed E-state index contributed by atoms with van der Waals surface area (Å²) in [6.45, 7) is 12.7. The minimum Gasteiger partial charge on any atom is -0.489 e. The van der Waals surface area contributed by atoms with E-state index in [2.05, 4.69) is 53.8 Å². The molecule has 0 spiro atoms. The molecule has 2 rings (SSSR count). The zero-order valence-corrected chi connectivity index (χ0v) is 21.8. The van der Waals surface area contributed by atoms with Gasteiger partial charge in [0, 0.05) is 32.2 Å². The third-order valence-corrected chi connectivity index (χ3v) is 5.08. The van der Waals surface area contributed by atoms with Gasteiger partial charge in [0.2, 0.25) is 5.91 Å². The van der Waals surface area contributed by atoms with Gasteiger partial charge in [-0.3, -0.25) is 9.69 Å². The van der Waals surface area contributed by atoms with Crippen LogP contribution in [0.3, 0.4) is 0 Å². The molecule has 0 radical (unpaired) electrons. The van der Waals surface area contributed by atoms with E-state index in [0.717, 1.165) is 57.2 Å². The first kappa shape index (κ1) is 27.5. The van der Waals surface area contributed by atoms with Crippen LogP contribution >= 0.6 is 24.0 Å². The predicted molar refractivity (Wildman–Crippen MR) is 139 cm³/mol. The van der Waals surface area contributed by atoms with Crippen molar-refractivity contribution in [3.63, 3.8) is 0 Å². The average Bonchev–Trinajstić information content (AvgIpc) is 2.74. The van der Waals surface area contributed by atoms with E-state index in [1.54, 1.807) is 0 Å². The maximum atomic E-state index is 11.9. The number of likely N-dealkylation sites (tertiary alicyclic amines) is 1. The van der Waals surface area contributed by atoms with Crippen LogP contribution in [0.4, 0.5) is 0 Å². The van der Waals surface area contributed by atoms with Gasteiger partial charge in [-0.05, 0) is 52.2 Å². The van der Waals surface area contributed by atoms with Crippen LogP contribution in [0.5, 0.6) is 5.75 Å². The Kier molecular flexibility index (Phi) is 13.6. The third kappa shape index (κ3) is 11.0. The summed E-state index contributed by atoms with van der Waals surface area (Å²) >= 11 is 0. The van der Waals surface area contributed by atoms with Gasteiger partial charge >= 0.3 is 0 Å². The van der Waals surface area contributed by atoms with Crippen molar-refractivity contribution in [3.8, 4) is 5.75 Å². The number of aryl methyl sites for hydroxylation is 1. The van der Waals surface area contributed by atoms with Crippen LogP contribution in [-0.2, 0) is 4.79 Å². The number of aliphatic imine (C=N–C) groups is 1. The number of piperidine rings is 1. The van der Waals surface area contributed by atoms with E-state index >= 15 is 0 Å². The molecule has 8 heteroatoms. The number of nitrogens with zero attached hydrogens (tertiary/aromatic N) is 2. The van der Waals surface area contributed by atoms with E-state index in [0.29, 0.717) is 19.1 Å². The molecule has 3 N–H and O–H groups in total. The largest absolute Gasteiger partial charge is 0.489 e. The van der Waals surface area contributed by atoms with Crippen LogP contribution in [0.1, 0.15) is 45.6 Å². The van der Waals surface area contributed by atoms with Gasteiger partial charge in [-0.1, -0.05) is 24.6 Å². The summed E-state index contributed by atoms with van der Waals surface area (Å²) in [7, 11) is 0. The molecule has 176 valence electrons. The van der Waals surface area contributed by atoms with E-state index in [1.165, 1.54) is 5.56 Å². The number of nitrogens with one attached hydrogen (secondary N) is 3. The highest BCUT2D eigenvalue weighted by Crippen LogP contribution is 2.13. The summed E-state index contributed by atoms with van der Waals surface area (Å²) < 4.78 is 5.96. The standard InChI is InChI=1S/C23H39N5O2.HI/c1-5-13-25-22(29)17-28-14-11-20(12-15-28)27-23(24-6-2)26-16-19(4)30-21-9-7-18(3)8-10-21;/h7-10,19-20H,5-6,11-17H2,1-4H3,(H,25,29)(H2,24,26,27);1H. The third-order valence-electron chi connectivity index (χ3n) is 5.08. The summed E-state index contributed by atoms with van der Waals surface area (Å²) in [6.07, 6.45) is 2.97. The molecule has 1 aromatic rings. The average molecular weight is 546 g/mol. The minimum atomic E-state index is -0.00774. The van der Waals surface area contributed by atoms with Crippen LogP contribution in [0.15, 0.2) is 29.3 Å². The summed E-state index contributed by atoms with van der Waals surface area (Å²) in [5, 5.41) is 9.83. The Balaban J connectivity index is 0.00000480. The molecule has 31 heavy (non-hydrogen) atoms. The fraction of sp³-hybridized carbons (Fsp3) is 0.652. The molecule has 1 atom stereocenters. The number of hydrogen-bond acceptors (Lipinski definition) is 4. The van der Waals surface area contributed by atoms with Gasteiger partial charge in [-0.25, -0.2) is 4.99 Å². The van der Waals surface area contributed by atoms with Gasteiger partial charge in [0.15, 0.2) is 5.96 Å². The predicted octanol–water partition coefficient (Wildman–Crippen LogP) is 2.93. The molecule has 0 bridgehead atoms. The van der Waals surface area contributed by atoms with Crippen LogP contribution < -0.4 is 20.7 Å². The summed E-state index contributed by atoms with van der Waals surface area (Å²) in [5.41, 5.74) is 1.22. The molecule has 1 aromatic carbocycles. The molecule has 7 nitrogen and oxygen atoms in total. The molecule has 1 amide bonds. The first-order valence-corrected chi connectivity index (χ1v) is 11.3. The van der Waals surface area contributed by atoms with Crippen LogP contribution in [0, 0.1) is 6.92 Å². The number of halogens is 1. The van der Waals surface area contributed by atoms with Crippen LogP contribution in [-0.4, -0.2) is 68.2 Å². The molecule has 1 aliphatic rings. The van der Waals surface area contributed by atoms with Gasteiger partial charge in [0.05, 0.1) is 13.1 Å². The smallest absolute Gasteiger partial charge is 0.234 e. The monoisotopic (exact) mass is 545 g/mol. The highest BCUT2D eigenvalue weighted by atomic mass is 127. The summed E-state index contributed by atoms with van der Waals surface area (Å²) in [5.74, 6) is 1.83. The second-order valence-corrected chi connectivity index (χ2v) is 8.01. The molecule has 1 saturated heterocycles. The second-order valence-electron chi connectivity index (χ2n) is 8.01. The molecular weight excluding hydrogens is 505 g/mol. The van der Waals surface area contributed by atoms with Crippen LogP contribution in [0.25, 0.3) is 0 Å². The topological polar surface area (TPSA) is 78.0 Å². The minimum absolute atomic E-state index is 0. The number of hydrogen-bond donors (Lipinski definition) is 3. The van der Waals surface area contributed by atoms with E-state index in [-0.39, 0.29) is 36.0 Å². The van der Waals surface area contributed by atoms with Crippen LogP contribution in [0.2, 0.25) is 0 Å². The Bertz CT molecular complexity index is 660. The van der Waals surface area contributed by atoms with Gasteiger partial charge in [-0.2, -0.15) is 0 Å². The summed E-state index contributed by atoms with van der Waals surface area (Å²) in [4.78, 5) is 18.8. The molecule has 1 fully saturated rings. The fourth-order valence-electron chi connectivity index (χ4n) is 3.38. The van der Waals surface area contributed by atoms with Gasteiger partial charge in [0.1, 0.15) is 11.9 Å². The Morgan fingerprint density at radius 3 is 2.48 bits per heavy atom. The van der Waals surface area contributed by atoms with E-state index in [9.17, 15) is 4.79 Å². The first-order chi connectivity index (χ1) is 14.5. The SMILES string of the molecule is CCCNC(=O)CN1CCC(NC(=NCC(C)Oc2ccc(C)cc2)NCC)CC1.I. The van der Waals surface area contributed by atoms with Crippen molar-refractivity contribution in [2.45, 2.75) is 59.1 Å². The van der Waals surface area contributed by atoms with Crippen molar-refractivity contribution in [2.24, 2.45) is 4.99 Å². The lowest BCUT2D eigenvalue weighted by molar-refractivity contribution is -0.122. The number of amides is 1. The molecule has 0 aliphatic carbocycles. The molecular formula is C23H40IN5O2. The maximum Gasteiger partial charge on any atom is 0.234 e.